The van der Waals surface area contributed by atoms with Gasteiger partial charge in [0.05, 0.1) is 24.6 Å². The molecular weight excluding hydrogens is 254 g/mol. The van der Waals surface area contributed by atoms with E-state index >= 15 is 0 Å². The van der Waals surface area contributed by atoms with Crippen molar-refractivity contribution in [2.24, 2.45) is 0 Å². The molecule has 20 heavy (non-hydrogen) atoms. The molecule has 0 bridgehead atoms. The van der Waals surface area contributed by atoms with Crippen LogP contribution in [-0.2, 0) is 13.0 Å². The van der Waals surface area contributed by atoms with E-state index < -0.39 is 6.10 Å². The topological polar surface area (TPSA) is 70.3 Å². The molecule has 3 N–H and O–H groups in total. The third-order valence-electron chi connectivity index (χ3n) is 3.63. The molecule has 0 saturated heterocycles. The molecule has 2 heterocycles. The molecule has 5 nitrogen and oxygen atoms in total. The van der Waals surface area contributed by atoms with E-state index in [1.165, 1.54) is 0 Å². The fourth-order valence-corrected chi connectivity index (χ4v) is 2.58. The van der Waals surface area contributed by atoms with Gasteiger partial charge in [-0.2, -0.15) is 0 Å². The maximum atomic E-state index is 9.37. The van der Waals surface area contributed by atoms with Crippen molar-refractivity contribution in [2.45, 2.75) is 25.5 Å². The van der Waals surface area contributed by atoms with E-state index in [1.807, 2.05) is 24.4 Å². The Morgan fingerprint density at radius 3 is 3.15 bits per heavy atom. The summed E-state index contributed by atoms with van der Waals surface area (Å²) in [6.45, 7) is 1.14. The standard InChI is InChI=1S/C15H19N3O2/c19-10-13(20)8-16-12-4-1-3-11(7-12)14-9-17-15-5-2-6-18(14)15/h1,3-4,7,9,13,16,19-20H,2,5-6,8,10H2. The Morgan fingerprint density at radius 1 is 1.40 bits per heavy atom. The largest absolute Gasteiger partial charge is 0.394 e. The Bertz CT molecular complexity index is 595. The van der Waals surface area contributed by atoms with Crippen LogP contribution in [-0.4, -0.2) is 39.0 Å². The molecule has 0 amide bonds. The van der Waals surface area contributed by atoms with E-state index in [4.69, 9.17) is 5.11 Å². The zero-order valence-electron chi connectivity index (χ0n) is 11.3. The van der Waals surface area contributed by atoms with Gasteiger partial charge in [-0.3, -0.25) is 0 Å². The molecule has 1 aliphatic rings. The Balaban J connectivity index is 1.80. The highest BCUT2D eigenvalue weighted by molar-refractivity contribution is 5.65. The fourth-order valence-electron chi connectivity index (χ4n) is 2.58. The molecule has 1 aromatic heterocycles. The number of aliphatic hydroxyl groups excluding tert-OH is 2. The van der Waals surface area contributed by atoms with Gasteiger partial charge in [0, 0.05) is 30.8 Å². The lowest BCUT2D eigenvalue weighted by molar-refractivity contribution is 0.105. The van der Waals surface area contributed by atoms with Crippen molar-refractivity contribution in [1.29, 1.82) is 0 Å². The van der Waals surface area contributed by atoms with Gasteiger partial charge in [0.1, 0.15) is 5.82 Å². The minimum atomic E-state index is -0.738. The van der Waals surface area contributed by atoms with Crippen LogP contribution in [0.2, 0.25) is 0 Å². The summed E-state index contributed by atoms with van der Waals surface area (Å²) in [5.41, 5.74) is 3.20. The predicted molar refractivity (Wildman–Crippen MR) is 77.6 cm³/mol. The number of nitrogens with zero attached hydrogens (tertiary/aromatic N) is 2. The van der Waals surface area contributed by atoms with Gasteiger partial charge in [-0.15, -0.1) is 0 Å². The van der Waals surface area contributed by atoms with E-state index in [-0.39, 0.29) is 6.61 Å². The maximum absolute atomic E-state index is 9.37. The van der Waals surface area contributed by atoms with Crippen molar-refractivity contribution in [3.05, 3.63) is 36.3 Å². The van der Waals surface area contributed by atoms with E-state index in [0.29, 0.717) is 6.54 Å². The highest BCUT2D eigenvalue weighted by Crippen LogP contribution is 2.27. The number of aryl methyl sites for hydroxylation is 1. The van der Waals surface area contributed by atoms with Crippen LogP contribution in [0.25, 0.3) is 11.3 Å². The van der Waals surface area contributed by atoms with E-state index in [9.17, 15) is 5.11 Å². The summed E-state index contributed by atoms with van der Waals surface area (Å²) in [7, 11) is 0. The van der Waals surface area contributed by atoms with Crippen molar-refractivity contribution < 1.29 is 10.2 Å². The van der Waals surface area contributed by atoms with Gasteiger partial charge >= 0.3 is 0 Å². The summed E-state index contributed by atoms with van der Waals surface area (Å²) in [5.74, 6) is 1.16. The summed E-state index contributed by atoms with van der Waals surface area (Å²) in [6, 6.07) is 8.05. The first-order valence-corrected chi connectivity index (χ1v) is 6.95. The molecule has 2 aromatic rings. The van der Waals surface area contributed by atoms with Crippen LogP contribution in [0.4, 0.5) is 5.69 Å². The van der Waals surface area contributed by atoms with Gasteiger partial charge in [0.15, 0.2) is 0 Å². The lowest BCUT2D eigenvalue weighted by Gasteiger charge is -2.12. The molecule has 1 atom stereocenters. The third-order valence-corrected chi connectivity index (χ3v) is 3.63. The maximum Gasteiger partial charge on any atom is 0.109 e. The molecule has 0 aliphatic carbocycles. The Labute approximate surface area is 117 Å². The second kappa shape index (κ2) is 5.64. The Hall–Kier alpha value is -1.85. The molecule has 0 radical (unpaired) electrons. The summed E-state index contributed by atoms with van der Waals surface area (Å²) >= 11 is 0. The van der Waals surface area contributed by atoms with Crippen molar-refractivity contribution in [1.82, 2.24) is 9.55 Å². The van der Waals surface area contributed by atoms with Crippen molar-refractivity contribution in [3.63, 3.8) is 0 Å². The van der Waals surface area contributed by atoms with E-state index in [1.54, 1.807) is 0 Å². The number of rotatable bonds is 5. The molecule has 106 valence electrons. The number of imidazole rings is 1. The summed E-state index contributed by atoms with van der Waals surface area (Å²) < 4.78 is 2.27. The van der Waals surface area contributed by atoms with Crippen LogP contribution >= 0.6 is 0 Å². The van der Waals surface area contributed by atoms with Crippen LogP contribution in [0, 0.1) is 0 Å². The number of nitrogens with one attached hydrogen (secondary N) is 1. The van der Waals surface area contributed by atoms with Crippen LogP contribution in [0.15, 0.2) is 30.5 Å². The third kappa shape index (κ3) is 2.55. The first-order valence-electron chi connectivity index (χ1n) is 6.95. The zero-order chi connectivity index (χ0) is 13.9. The van der Waals surface area contributed by atoms with Crippen molar-refractivity contribution in [3.8, 4) is 11.3 Å². The zero-order valence-corrected chi connectivity index (χ0v) is 11.3. The number of aromatic nitrogens is 2. The molecule has 1 aliphatic heterocycles. The molecular formula is C15H19N3O2. The summed E-state index contributed by atoms with van der Waals surface area (Å²) in [5, 5.41) is 21.3. The van der Waals surface area contributed by atoms with Gasteiger partial charge < -0.3 is 20.1 Å². The first-order chi connectivity index (χ1) is 9.78. The van der Waals surface area contributed by atoms with Gasteiger partial charge in [0.25, 0.3) is 0 Å². The summed E-state index contributed by atoms with van der Waals surface area (Å²) in [4.78, 5) is 4.46. The monoisotopic (exact) mass is 273 g/mol. The van der Waals surface area contributed by atoms with E-state index in [0.717, 1.165) is 42.2 Å². The van der Waals surface area contributed by atoms with Crippen LogP contribution in [0.1, 0.15) is 12.2 Å². The predicted octanol–water partition coefficient (Wildman–Crippen LogP) is 1.26. The van der Waals surface area contributed by atoms with Crippen LogP contribution in [0.5, 0.6) is 0 Å². The Morgan fingerprint density at radius 2 is 2.30 bits per heavy atom. The number of hydrogen-bond acceptors (Lipinski definition) is 4. The Kier molecular flexibility index (Phi) is 3.71. The molecule has 0 spiro atoms. The SMILES string of the molecule is OCC(O)CNc1cccc(-c2cnc3n2CCC3)c1. The first kappa shape index (κ1) is 13.1. The fraction of sp³-hybridized carbons (Fsp3) is 0.400. The average molecular weight is 273 g/mol. The van der Waals surface area contributed by atoms with Gasteiger partial charge in [0.2, 0.25) is 0 Å². The number of anilines is 1. The highest BCUT2D eigenvalue weighted by atomic mass is 16.3. The molecule has 0 fully saturated rings. The van der Waals surface area contributed by atoms with Crippen LogP contribution < -0.4 is 5.32 Å². The minimum Gasteiger partial charge on any atom is -0.394 e. The van der Waals surface area contributed by atoms with Crippen molar-refractivity contribution in [2.75, 3.05) is 18.5 Å². The lowest BCUT2D eigenvalue weighted by atomic mass is 10.1. The number of aliphatic hydroxyl groups is 2. The second-order valence-corrected chi connectivity index (χ2v) is 5.11. The molecule has 0 saturated carbocycles. The normalized spacial score (nSPS) is 15.1. The lowest BCUT2D eigenvalue weighted by Crippen LogP contribution is -2.22. The quantitative estimate of drug-likeness (QED) is 0.767. The van der Waals surface area contributed by atoms with Gasteiger partial charge in [-0.05, 0) is 18.6 Å². The number of fused-ring (bicyclic) bond motifs is 1. The van der Waals surface area contributed by atoms with Crippen LogP contribution in [0.3, 0.4) is 0 Å². The summed E-state index contributed by atoms with van der Waals surface area (Å²) in [6.07, 6.45) is 3.41. The molecule has 1 unspecified atom stereocenters. The molecule has 5 heteroatoms. The second-order valence-electron chi connectivity index (χ2n) is 5.11. The average Bonchev–Trinajstić information content (AvgIpc) is 3.07. The highest BCUT2D eigenvalue weighted by Gasteiger charge is 2.16. The van der Waals surface area contributed by atoms with Gasteiger partial charge in [-0.25, -0.2) is 4.98 Å². The molecule has 1 aromatic carbocycles. The molecule has 3 rings (SSSR count). The smallest absolute Gasteiger partial charge is 0.109 e. The van der Waals surface area contributed by atoms with Gasteiger partial charge in [-0.1, -0.05) is 12.1 Å². The van der Waals surface area contributed by atoms with E-state index in [2.05, 4.69) is 20.9 Å². The number of benzene rings is 1. The number of hydrogen-bond donors (Lipinski definition) is 3. The minimum absolute atomic E-state index is 0.233. The van der Waals surface area contributed by atoms with Crippen molar-refractivity contribution >= 4 is 5.69 Å².